The molecule has 0 spiro atoms. The quantitative estimate of drug-likeness (QED) is 0.576. The van der Waals surface area contributed by atoms with Gasteiger partial charge in [0.1, 0.15) is 12.6 Å². The molecular formula is C28H34N2O5. The van der Waals surface area contributed by atoms with Gasteiger partial charge in [0.05, 0.1) is 0 Å². The van der Waals surface area contributed by atoms with Crippen LogP contribution in [0, 0.1) is 11.8 Å². The van der Waals surface area contributed by atoms with Crippen LogP contribution in [0.3, 0.4) is 0 Å². The Balaban J connectivity index is 1.37. The summed E-state index contributed by atoms with van der Waals surface area (Å²) in [6.45, 7) is 5.15. The van der Waals surface area contributed by atoms with Crippen LogP contribution in [0.2, 0.25) is 0 Å². The number of likely N-dealkylation sites (tertiary alicyclic amines) is 1. The number of carbonyl (C=O) groups is 3. The number of piperidine rings is 1. The minimum Gasteiger partial charge on any atom is -0.481 e. The van der Waals surface area contributed by atoms with E-state index >= 15 is 0 Å². The molecule has 7 heteroatoms. The number of aliphatic carboxylic acids is 1. The van der Waals surface area contributed by atoms with Gasteiger partial charge in [-0.05, 0) is 53.4 Å². The maximum absolute atomic E-state index is 13.3. The lowest BCUT2D eigenvalue weighted by Gasteiger charge is -2.36. The summed E-state index contributed by atoms with van der Waals surface area (Å²) in [7, 11) is 0. The number of alkyl carbamates (subject to hydrolysis) is 1. The van der Waals surface area contributed by atoms with Crippen LogP contribution in [-0.2, 0) is 14.3 Å². The predicted molar refractivity (Wildman–Crippen MR) is 133 cm³/mol. The number of rotatable bonds is 8. The molecule has 1 heterocycles. The first kappa shape index (κ1) is 24.8. The Morgan fingerprint density at radius 2 is 1.69 bits per heavy atom. The van der Waals surface area contributed by atoms with Crippen LogP contribution in [0.15, 0.2) is 48.5 Å². The van der Waals surface area contributed by atoms with E-state index in [2.05, 4.69) is 29.6 Å². The van der Waals surface area contributed by atoms with E-state index in [0.717, 1.165) is 35.1 Å². The van der Waals surface area contributed by atoms with Crippen LogP contribution in [0.4, 0.5) is 4.79 Å². The predicted octanol–water partition coefficient (Wildman–Crippen LogP) is 4.65. The first-order chi connectivity index (χ1) is 16.8. The van der Waals surface area contributed by atoms with Crippen molar-refractivity contribution in [1.29, 1.82) is 0 Å². The molecule has 1 saturated heterocycles. The highest BCUT2D eigenvalue weighted by molar-refractivity contribution is 5.86. The number of nitrogens with one attached hydrogen (secondary N) is 1. The van der Waals surface area contributed by atoms with Gasteiger partial charge in [-0.1, -0.05) is 62.4 Å². The van der Waals surface area contributed by atoms with Gasteiger partial charge in [0.15, 0.2) is 0 Å². The van der Waals surface area contributed by atoms with Crippen molar-refractivity contribution in [2.75, 3.05) is 19.7 Å². The van der Waals surface area contributed by atoms with Gasteiger partial charge >= 0.3 is 12.1 Å². The molecule has 186 valence electrons. The fraction of sp³-hybridized carbons (Fsp3) is 0.464. The average Bonchev–Trinajstić information content (AvgIpc) is 3.18. The van der Waals surface area contributed by atoms with Crippen molar-refractivity contribution in [2.45, 2.75) is 51.5 Å². The van der Waals surface area contributed by atoms with Crippen molar-refractivity contribution in [2.24, 2.45) is 11.8 Å². The number of hydrogen-bond donors (Lipinski definition) is 2. The van der Waals surface area contributed by atoms with E-state index in [1.807, 2.05) is 38.1 Å². The molecule has 1 unspecified atom stereocenters. The first-order valence-electron chi connectivity index (χ1n) is 12.5. The van der Waals surface area contributed by atoms with Crippen LogP contribution in [0.1, 0.15) is 56.6 Å². The Morgan fingerprint density at radius 3 is 2.29 bits per heavy atom. The lowest BCUT2D eigenvalue weighted by molar-refractivity contribution is -0.137. The highest BCUT2D eigenvalue weighted by Crippen LogP contribution is 2.44. The van der Waals surface area contributed by atoms with Gasteiger partial charge in [0.2, 0.25) is 5.91 Å². The van der Waals surface area contributed by atoms with Gasteiger partial charge in [0.25, 0.3) is 0 Å². The highest BCUT2D eigenvalue weighted by atomic mass is 16.5. The van der Waals surface area contributed by atoms with E-state index in [-0.39, 0.29) is 36.7 Å². The van der Waals surface area contributed by atoms with Crippen LogP contribution >= 0.6 is 0 Å². The van der Waals surface area contributed by atoms with Gasteiger partial charge in [-0.25, -0.2) is 4.79 Å². The van der Waals surface area contributed by atoms with E-state index in [0.29, 0.717) is 19.5 Å². The van der Waals surface area contributed by atoms with E-state index in [4.69, 9.17) is 9.84 Å². The minimum atomic E-state index is -0.814. The summed E-state index contributed by atoms with van der Waals surface area (Å²) in [4.78, 5) is 38.8. The number of nitrogens with zero attached hydrogens (tertiary/aromatic N) is 1. The molecule has 4 rings (SSSR count). The lowest BCUT2D eigenvalue weighted by atomic mass is 9.92. The summed E-state index contributed by atoms with van der Waals surface area (Å²) in [5.41, 5.74) is 4.60. The minimum absolute atomic E-state index is 0.0431. The van der Waals surface area contributed by atoms with E-state index < -0.39 is 18.1 Å². The lowest BCUT2D eigenvalue weighted by Crippen LogP contribution is -2.53. The van der Waals surface area contributed by atoms with Crippen molar-refractivity contribution in [3.8, 4) is 11.1 Å². The molecule has 2 N–H and O–H groups in total. The van der Waals surface area contributed by atoms with Crippen molar-refractivity contribution in [1.82, 2.24) is 10.2 Å². The summed E-state index contributed by atoms with van der Waals surface area (Å²) in [6.07, 6.45) is 1.83. The third-order valence-electron chi connectivity index (χ3n) is 7.15. The second kappa shape index (κ2) is 10.9. The van der Waals surface area contributed by atoms with Crippen molar-refractivity contribution in [3.63, 3.8) is 0 Å². The van der Waals surface area contributed by atoms with Gasteiger partial charge in [0, 0.05) is 25.4 Å². The fourth-order valence-corrected chi connectivity index (χ4v) is 5.31. The van der Waals surface area contributed by atoms with Gasteiger partial charge in [-0.15, -0.1) is 0 Å². The molecule has 2 aromatic rings. The Morgan fingerprint density at radius 1 is 1.06 bits per heavy atom. The van der Waals surface area contributed by atoms with Crippen LogP contribution in [0.5, 0.6) is 0 Å². The number of carboxylic acids is 1. The first-order valence-corrected chi connectivity index (χ1v) is 12.5. The van der Waals surface area contributed by atoms with Gasteiger partial charge in [-0.3, -0.25) is 9.59 Å². The summed E-state index contributed by atoms with van der Waals surface area (Å²) in [6, 6.07) is 15.6. The number of amides is 2. The third-order valence-corrected chi connectivity index (χ3v) is 7.15. The molecule has 7 nitrogen and oxygen atoms in total. The molecule has 0 radical (unpaired) electrons. The van der Waals surface area contributed by atoms with E-state index in [9.17, 15) is 14.4 Å². The van der Waals surface area contributed by atoms with Crippen molar-refractivity contribution >= 4 is 18.0 Å². The number of carboxylic acid groups (broad SMARTS) is 1. The maximum Gasteiger partial charge on any atom is 0.407 e. The summed E-state index contributed by atoms with van der Waals surface area (Å²) < 4.78 is 5.66. The molecule has 1 aliphatic carbocycles. The largest absolute Gasteiger partial charge is 0.481 e. The Hall–Kier alpha value is -3.35. The second-order valence-electron chi connectivity index (χ2n) is 9.92. The highest BCUT2D eigenvalue weighted by Gasteiger charge is 2.33. The molecular weight excluding hydrogens is 444 g/mol. The molecule has 0 saturated carbocycles. The fourth-order valence-electron chi connectivity index (χ4n) is 5.31. The monoisotopic (exact) mass is 478 g/mol. The molecule has 2 amide bonds. The normalized spacial score (nSPS) is 18.0. The Kier molecular flexibility index (Phi) is 7.73. The molecule has 2 atom stereocenters. The van der Waals surface area contributed by atoms with Gasteiger partial charge in [-0.2, -0.15) is 0 Å². The zero-order chi connectivity index (χ0) is 24.9. The zero-order valence-electron chi connectivity index (χ0n) is 20.4. The third kappa shape index (κ3) is 5.66. The smallest absolute Gasteiger partial charge is 0.407 e. The average molecular weight is 479 g/mol. The molecule has 0 bridgehead atoms. The molecule has 1 fully saturated rings. The van der Waals surface area contributed by atoms with Crippen LogP contribution < -0.4 is 5.32 Å². The Labute approximate surface area is 206 Å². The van der Waals surface area contributed by atoms with Crippen LogP contribution in [0.25, 0.3) is 11.1 Å². The van der Waals surface area contributed by atoms with Gasteiger partial charge < -0.3 is 20.1 Å². The van der Waals surface area contributed by atoms with Crippen LogP contribution in [-0.4, -0.2) is 53.7 Å². The molecule has 1 aliphatic heterocycles. The zero-order valence-corrected chi connectivity index (χ0v) is 20.4. The number of carbonyl (C=O) groups excluding carboxylic acids is 2. The number of benzene rings is 2. The molecule has 0 aromatic heterocycles. The van der Waals surface area contributed by atoms with Crippen molar-refractivity contribution in [3.05, 3.63) is 59.7 Å². The summed E-state index contributed by atoms with van der Waals surface area (Å²) in [5, 5.41) is 11.8. The number of hydrogen-bond acceptors (Lipinski definition) is 4. The maximum atomic E-state index is 13.3. The number of ether oxygens (including phenoxy) is 1. The standard InChI is InChI=1S/C28H34N2O5/c1-18(2)26(27(33)30-15-7-8-19(16-30)13-14-25(31)32)29-28(34)35-17-24-22-11-5-3-9-20(22)21-10-4-6-12-23(21)24/h3-6,9-12,18-19,24,26H,7-8,13-17H2,1-2H3,(H,29,34)(H,31,32)/t19?,26-/m1/s1. The Bertz CT molecular complexity index is 1040. The van der Waals surface area contributed by atoms with E-state index in [1.54, 1.807) is 4.90 Å². The topological polar surface area (TPSA) is 95.9 Å². The second-order valence-corrected chi connectivity index (χ2v) is 9.92. The van der Waals surface area contributed by atoms with Crippen molar-refractivity contribution < 1.29 is 24.2 Å². The molecule has 2 aliphatic rings. The SMILES string of the molecule is CC(C)[C@@H](NC(=O)OCC1c2ccccc2-c2ccccc21)C(=O)N1CCCC(CCC(=O)O)C1. The summed E-state index contributed by atoms with van der Waals surface area (Å²) in [5.74, 6) is -0.925. The summed E-state index contributed by atoms with van der Waals surface area (Å²) >= 11 is 0. The molecule has 2 aromatic carbocycles. The molecule has 35 heavy (non-hydrogen) atoms. The van der Waals surface area contributed by atoms with E-state index in [1.165, 1.54) is 0 Å². The number of fused-ring (bicyclic) bond motifs is 3.